The molecule has 1 spiro atoms. The van der Waals surface area contributed by atoms with E-state index < -0.39 is 0 Å². The molecule has 2 saturated heterocycles. The Bertz CT molecular complexity index is 792. The molecule has 4 rings (SSSR count). The molecule has 0 radical (unpaired) electrons. The molecular formula is C20H27N3O2S. The fourth-order valence-corrected chi connectivity index (χ4v) is 5.47. The second-order valence-electron chi connectivity index (χ2n) is 8.03. The third-order valence-electron chi connectivity index (χ3n) is 6.09. The summed E-state index contributed by atoms with van der Waals surface area (Å²) in [6.07, 6.45) is 3.53. The number of aryl methyl sites for hydroxylation is 3. The summed E-state index contributed by atoms with van der Waals surface area (Å²) in [5, 5.41) is 6.10. The van der Waals surface area contributed by atoms with Gasteiger partial charge in [0.05, 0.1) is 10.6 Å². The number of hydrogen-bond donors (Lipinski definition) is 0. The lowest BCUT2D eigenvalue weighted by Crippen LogP contribution is -2.45. The maximum Gasteiger partial charge on any atom is 0.264 e. The first-order valence-electron chi connectivity index (χ1n) is 9.45. The molecule has 140 valence electrons. The van der Waals surface area contributed by atoms with Gasteiger partial charge in [-0.1, -0.05) is 5.16 Å². The van der Waals surface area contributed by atoms with E-state index in [0.717, 1.165) is 61.0 Å². The second kappa shape index (κ2) is 6.82. The first kappa shape index (κ1) is 17.7. The van der Waals surface area contributed by atoms with E-state index >= 15 is 0 Å². The maximum atomic E-state index is 12.9. The summed E-state index contributed by atoms with van der Waals surface area (Å²) < 4.78 is 5.33. The molecule has 0 aliphatic carbocycles. The zero-order valence-electron chi connectivity index (χ0n) is 15.9. The minimum Gasteiger partial charge on any atom is -0.361 e. The third-order valence-corrected chi connectivity index (χ3v) is 7.09. The van der Waals surface area contributed by atoms with Gasteiger partial charge in [-0.15, -0.1) is 11.3 Å². The first-order valence-corrected chi connectivity index (χ1v) is 10.3. The van der Waals surface area contributed by atoms with Gasteiger partial charge in [-0.25, -0.2) is 0 Å². The molecule has 5 nitrogen and oxygen atoms in total. The number of aromatic nitrogens is 1. The number of carbonyl (C=O) groups excluding carboxylic acids is 1. The van der Waals surface area contributed by atoms with Crippen LogP contribution in [-0.2, 0) is 6.54 Å². The lowest BCUT2D eigenvalue weighted by molar-refractivity contribution is 0.0677. The SMILES string of the molecule is Cc1ccsc1C(=O)N1CCC2(CCCN(Cc3c(C)noc3C)C2)C1. The molecule has 2 aromatic rings. The van der Waals surface area contributed by atoms with Crippen molar-refractivity contribution in [3.63, 3.8) is 0 Å². The van der Waals surface area contributed by atoms with E-state index in [1.54, 1.807) is 11.3 Å². The monoisotopic (exact) mass is 373 g/mol. The van der Waals surface area contributed by atoms with Crippen LogP contribution >= 0.6 is 11.3 Å². The average Bonchev–Trinajstić information content (AvgIpc) is 3.31. The topological polar surface area (TPSA) is 49.6 Å². The number of piperidine rings is 1. The zero-order chi connectivity index (χ0) is 18.3. The Labute approximate surface area is 159 Å². The van der Waals surface area contributed by atoms with Crippen LogP contribution in [0.2, 0.25) is 0 Å². The Kier molecular flexibility index (Phi) is 4.65. The van der Waals surface area contributed by atoms with Crippen molar-refractivity contribution in [3.8, 4) is 0 Å². The Morgan fingerprint density at radius 1 is 1.27 bits per heavy atom. The maximum absolute atomic E-state index is 12.9. The molecule has 0 saturated carbocycles. The molecular weight excluding hydrogens is 346 g/mol. The van der Waals surface area contributed by atoms with Crippen molar-refractivity contribution in [3.05, 3.63) is 38.9 Å². The number of thiophene rings is 1. The number of carbonyl (C=O) groups is 1. The highest BCUT2D eigenvalue weighted by Crippen LogP contribution is 2.40. The lowest BCUT2D eigenvalue weighted by atomic mass is 9.79. The quantitative estimate of drug-likeness (QED) is 0.821. The van der Waals surface area contributed by atoms with Crippen molar-refractivity contribution in [1.29, 1.82) is 0 Å². The highest BCUT2D eigenvalue weighted by molar-refractivity contribution is 7.12. The van der Waals surface area contributed by atoms with E-state index in [1.165, 1.54) is 18.4 Å². The van der Waals surface area contributed by atoms with Gasteiger partial charge in [-0.05, 0) is 63.6 Å². The van der Waals surface area contributed by atoms with E-state index in [1.807, 2.05) is 32.2 Å². The molecule has 6 heteroatoms. The number of amides is 1. The molecule has 4 heterocycles. The summed E-state index contributed by atoms with van der Waals surface area (Å²) >= 11 is 1.57. The van der Waals surface area contributed by atoms with Gasteiger partial charge in [0.1, 0.15) is 5.76 Å². The minimum atomic E-state index is 0.220. The van der Waals surface area contributed by atoms with Crippen LogP contribution < -0.4 is 0 Å². The highest BCUT2D eigenvalue weighted by Gasteiger charge is 2.43. The van der Waals surface area contributed by atoms with Gasteiger partial charge in [0.2, 0.25) is 0 Å². The molecule has 2 aliphatic heterocycles. The molecule has 26 heavy (non-hydrogen) atoms. The molecule has 2 aromatic heterocycles. The van der Waals surface area contributed by atoms with Crippen molar-refractivity contribution < 1.29 is 9.32 Å². The van der Waals surface area contributed by atoms with Gasteiger partial charge >= 0.3 is 0 Å². The van der Waals surface area contributed by atoms with E-state index in [0.29, 0.717) is 0 Å². The standard InChI is InChI=1S/C20H27N3O2S/c1-14-5-10-26-18(14)19(24)23-9-7-20(13-23)6-4-8-22(12-20)11-17-15(2)21-25-16(17)3/h5,10H,4,6-9,11-13H2,1-3H3. The minimum absolute atomic E-state index is 0.220. The van der Waals surface area contributed by atoms with Crippen molar-refractivity contribution in [2.75, 3.05) is 26.2 Å². The Morgan fingerprint density at radius 2 is 2.12 bits per heavy atom. The van der Waals surface area contributed by atoms with Crippen LogP contribution in [-0.4, -0.2) is 47.0 Å². The predicted octanol–water partition coefficient (Wildman–Crippen LogP) is 3.79. The summed E-state index contributed by atoms with van der Waals surface area (Å²) in [6.45, 7) is 10.9. The van der Waals surface area contributed by atoms with Crippen LogP contribution in [0.1, 0.15) is 51.5 Å². The van der Waals surface area contributed by atoms with Crippen molar-refractivity contribution in [2.45, 2.75) is 46.6 Å². The highest BCUT2D eigenvalue weighted by atomic mass is 32.1. The van der Waals surface area contributed by atoms with Gasteiger partial charge in [0, 0.05) is 37.2 Å². The van der Waals surface area contributed by atoms with Gasteiger partial charge in [-0.3, -0.25) is 9.69 Å². The third kappa shape index (κ3) is 3.21. The van der Waals surface area contributed by atoms with Crippen molar-refractivity contribution in [1.82, 2.24) is 15.0 Å². The van der Waals surface area contributed by atoms with Gasteiger partial charge in [-0.2, -0.15) is 0 Å². The van der Waals surface area contributed by atoms with Crippen LogP contribution in [0.4, 0.5) is 0 Å². The number of hydrogen-bond acceptors (Lipinski definition) is 5. The van der Waals surface area contributed by atoms with Crippen LogP contribution in [0.15, 0.2) is 16.0 Å². The summed E-state index contributed by atoms with van der Waals surface area (Å²) in [6, 6.07) is 2.04. The first-order chi connectivity index (χ1) is 12.5. The summed E-state index contributed by atoms with van der Waals surface area (Å²) in [5.41, 5.74) is 3.57. The smallest absolute Gasteiger partial charge is 0.264 e. The summed E-state index contributed by atoms with van der Waals surface area (Å²) in [5.74, 6) is 1.15. The fourth-order valence-electron chi connectivity index (χ4n) is 4.57. The number of nitrogens with zero attached hydrogens (tertiary/aromatic N) is 3. The van der Waals surface area contributed by atoms with E-state index in [-0.39, 0.29) is 11.3 Å². The molecule has 1 atom stereocenters. The van der Waals surface area contributed by atoms with E-state index in [9.17, 15) is 4.79 Å². The lowest BCUT2D eigenvalue weighted by Gasteiger charge is -2.40. The van der Waals surface area contributed by atoms with Crippen molar-refractivity contribution >= 4 is 17.2 Å². The largest absolute Gasteiger partial charge is 0.361 e. The Hall–Kier alpha value is -1.66. The zero-order valence-corrected chi connectivity index (χ0v) is 16.7. The molecule has 0 aromatic carbocycles. The van der Waals surface area contributed by atoms with E-state index in [2.05, 4.69) is 15.0 Å². The van der Waals surface area contributed by atoms with Gasteiger partial charge in [0.25, 0.3) is 5.91 Å². The number of likely N-dealkylation sites (tertiary alicyclic amines) is 2. The number of rotatable bonds is 3. The van der Waals surface area contributed by atoms with Crippen LogP contribution in [0.25, 0.3) is 0 Å². The van der Waals surface area contributed by atoms with Crippen molar-refractivity contribution in [2.24, 2.45) is 5.41 Å². The summed E-state index contributed by atoms with van der Waals surface area (Å²) in [4.78, 5) is 18.4. The Balaban J connectivity index is 1.44. The second-order valence-corrected chi connectivity index (χ2v) is 8.94. The predicted molar refractivity (Wildman–Crippen MR) is 102 cm³/mol. The summed E-state index contributed by atoms with van der Waals surface area (Å²) in [7, 11) is 0. The molecule has 2 aliphatic rings. The average molecular weight is 374 g/mol. The van der Waals surface area contributed by atoms with Crippen LogP contribution in [0.5, 0.6) is 0 Å². The molecule has 0 N–H and O–H groups in total. The van der Waals surface area contributed by atoms with Crippen LogP contribution in [0.3, 0.4) is 0 Å². The van der Waals surface area contributed by atoms with Gasteiger partial charge in [0.15, 0.2) is 0 Å². The normalized spacial score (nSPS) is 23.9. The van der Waals surface area contributed by atoms with E-state index in [4.69, 9.17) is 4.52 Å². The Morgan fingerprint density at radius 3 is 2.81 bits per heavy atom. The molecule has 1 amide bonds. The molecule has 2 fully saturated rings. The molecule has 1 unspecified atom stereocenters. The molecule has 0 bridgehead atoms. The fraction of sp³-hybridized carbons (Fsp3) is 0.600. The van der Waals surface area contributed by atoms with Gasteiger partial charge < -0.3 is 9.42 Å². The van der Waals surface area contributed by atoms with Crippen LogP contribution in [0, 0.1) is 26.2 Å².